The van der Waals surface area contributed by atoms with Crippen molar-refractivity contribution in [3.63, 3.8) is 0 Å². The molecule has 7 heteroatoms. The summed E-state index contributed by atoms with van der Waals surface area (Å²) in [6, 6.07) is 20.4. The molecule has 6 nitrogen and oxygen atoms in total. The first kappa shape index (κ1) is 22.9. The van der Waals surface area contributed by atoms with E-state index in [1.54, 1.807) is 36.7 Å². The van der Waals surface area contributed by atoms with Crippen LogP contribution < -0.4 is 5.32 Å². The fraction of sp³-hybridized carbons (Fsp3) is 0.250. The molecule has 0 spiro atoms. The third kappa shape index (κ3) is 5.81. The lowest BCUT2D eigenvalue weighted by Gasteiger charge is -2.32. The lowest BCUT2D eigenvalue weighted by atomic mass is 10.0. The second-order valence-electron chi connectivity index (χ2n) is 8.94. The van der Waals surface area contributed by atoms with E-state index < -0.39 is 0 Å². The Morgan fingerprint density at radius 2 is 1.77 bits per heavy atom. The molecule has 1 aliphatic heterocycles. The zero-order chi connectivity index (χ0) is 24.0. The number of carbonyl (C=O) groups is 1. The summed E-state index contributed by atoms with van der Waals surface area (Å²) in [4.78, 5) is 19.6. The zero-order valence-corrected chi connectivity index (χ0v) is 19.5. The van der Waals surface area contributed by atoms with Gasteiger partial charge in [-0.3, -0.25) is 19.4 Å². The monoisotopic (exact) mass is 469 g/mol. The van der Waals surface area contributed by atoms with E-state index in [9.17, 15) is 9.18 Å². The highest BCUT2D eigenvalue weighted by atomic mass is 19.1. The SMILES string of the molecule is O=C(NC1CCN(Cc2ccccc2Cn2cccn2)CC1)c1ccc(-c2cccc(F)c2)nc1. The van der Waals surface area contributed by atoms with Crippen LogP contribution in [0.4, 0.5) is 4.39 Å². The van der Waals surface area contributed by atoms with Gasteiger partial charge in [0.2, 0.25) is 0 Å². The maximum atomic E-state index is 13.5. The van der Waals surface area contributed by atoms with Crippen LogP contribution in [-0.4, -0.2) is 44.7 Å². The van der Waals surface area contributed by atoms with Gasteiger partial charge in [0.05, 0.1) is 17.8 Å². The fourth-order valence-corrected chi connectivity index (χ4v) is 4.53. The van der Waals surface area contributed by atoms with Crippen molar-refractivity contribution < 1.29 is 9.18 Å². The summed E-state index contributed by atoms with van der Waals surface area (Å²) in [5.41, 5.74) is 4.44. The van der Waals surface area contributed by atoms with Gasteiger partial charge in [-0.1, -0.05) is 36.4 Å². The zero-order valence-electron chi connectivity index (χ0n) is 19.5. The third-order valence-corrected chi connectivity index (χ3v) is 6.47. The van der Waals surface area contributed by atoms with E-state index in [1.165, 1.54) is 23.3 Å². The van der Waals surface area contributed by atoms with Crippen molar-refractivity contribution in [2.45, 2.75) is 32.0 Å². The largest absolute Gasteiger partial charge is 0.349 e. The van der Waals surface area contributed by atoms with Crippen LogP contribution in [0.25, 0.3) is 11.3 Å². The van der Waals surface area contributed by atoms with Crippen LogP contribution in [-0.2, 0) is 13.1 Å². The molecule has 0 saturated carbocycles. The van der Waals surface area contributed by atoms with Crippen molar-refractivity contribution in [2.24, 2.45) is 0 Å². The number of hydrogen-bond acceptors (Lipinski definition) is 4. The quantitative estimate of drug-likeness (QED) is 0.432. The predicted octanol–water partition coefficient (Wildman–Crippen LogP) is 4.53. The number of halogens is 1. The number of benzene rings is 2. The van der Waals surface area contributed by atoms with Gasteiger partial charge in [-0.25, -0.2) is 4.39 Å². The molecule has 0 unspecified atom stereocenters. The Morgan fingerprint density at radius 3 is 2.46 bits per heavy atom. The molecule has 5 rings (SSSR count). The number of amides is 1. The van der Waals surface area contributed by atoms with Crippen molar-refractivity contribution >= 4 is 5.91 Å². The number of pyridine rings is 1. The summed E-state index contributed by atoms with van der Waals surface area (Å²) in [6.07, 6.45) is 7.15. The van der Waals surface area contributed by atoms with Gasteiger partial charge < -0.3 is 5.32 Å². The molecule has 0 aliphatic carbocycles. The number of piperidine rings is 1. The molecule has 1 aliphatic rings. The molecule has 0 radical (unpaired) electrons. The Balaban J connectivity index is 1.13. The molecule has 1 amide bonds. The first-order valence-electron chi connectivity index (χ1n) is 11.9. The summed E-state index contributed by atoms with van der Waals surface area (Å²) in [6.45, 7) is 3.51. The van der Waals surface area contributed by atoms with E-state index >= 15 is 0 Å². The summed E-state index contributed by atoms with van der Waals surface area (Å²) in [5, 5.41) is 7.48. The Bertz CT molecular complexity index is 1260. The number of nitrogens with zero attached hydrogens (tertiary/aromatic N) is 4. The maximum absolute atomic E-state index is 13.5. The highest BCUT2D eigenvalue weighted by Crippen LogP contribution is 2.20. The smallest absolute Gasteiger partial charge is 0.253 e. The molecule has 2 aromatic heterocycles. The number of hydrogen-bond donors (Lipinski definition) is 1. The Labute approximate surface area is 204 Å². The minimum absolute atomic E-state index is 0.119. The molecule has 1 fully saturated rings. The van der Waals surface area contributed by atoms with Gasteiger partial charge in [0.1, 0.15) is 5.82 Å². The molecule has 3 heterocycles. The van der Waals surface area contributed by atoms with Crippen LogP contribution in [0.2, 0.25) is 0 Å². The minimum atomic E-state index is -0.307. The van der Waals surface area contributed by atoms with Crippen molar-refractivity contribution in [3.8, 4) is 11.3 Å². The molecule has 35 heavy (non-hydrogen) atoms. The van der Waals surface area contributed by atoms with Crippen LogP contribution in [0.15, 0.2) is 85.3 Å². The number of likely N-dealkylation sites (tertiary alicyclic amines) is 1. The number of rotatable bonds is 7. The van der Waals surface area contributed by atoms with Gasteiger partial charge in [-0.2, -0.15) is 5.10 Å². The van der Waals surface area contributed by atoms with Crippen LogP contribution in [0.1, 0.15) is 34.3 Å². The van der Waals surface area contributed by atoms with Crippen molar-refractivity contribution in [3.05, 3.63) is 108 Å². The lowest BCUT2D eigenvalue weighted by Crippen LogP contribution is -2.44. The molecule has 0 bridgehead atoms. The molecule has 1 N–H and O–H groups in total. The maximum Gasteiger partial charge on any atom is 0.253 e. The lowest BCUT2D eigenvalue weighted by molar-refractivity contribution is 0.0908. The van der Waals surface area contributed by atoms with Gasteiger partial charge in [0.15, 0.2) is 0 Å². The summed E-state index contributed by atoms with van der Waals surface area (Å²) < 4.78 is 15.4. The summed E-state index contributed by atoms with van der Waals surface area (Å²) in [5.74, 6) is -0.426. The number of aromatic nitrogens is 3. The normalized spacial score (nSPS) is 14.7. The molecule has 178 valence electrons. The molecule has 1 saturated heterocycles. The topological polar surface area (TPSA) is 63.1 Å². The first-order chi connectivity index (χ1) is 17.1. The number of nitrogens with one attached hydrogen (secondary N) is 1. The molecule has 0 atom stereocenters. The molecular formula is C28H28FN5O. The fourth-order valence-electron chi connectivity index (χ4n) is 4.53. The van der Waals surface area contributed by atoms with Gasteiger partial charge >= 0.3 is 0 Å². The predicted molar refractivity (Wildman–Crippen MR) is 133 cm³/mol. The van der Waals surface area contributed by atoms with Crippen LogP contribution in [0, 0.1) is 5.82 Å². The van der Waals surface area contributed by atoms with E-state index in [4.69, 9.17) is 0 Å². The summed E-state index contributed by atoms with van der Waals surface area (Å²) >= 11 is 0. The Morgan fingerprint density at radius 1 is 0.971 bits per heavy atom. The van der Waals surface area contributed by atoms with E-state index in [1.807, 2.05) is 16.9 Å². The van der Waals surface area contributed by atoms with Crippen LogP contribution in [0.3, 0.4) is 0 Å². The number of carbonyl (C=O) groups excluding carboxylic acids is 1. The van der Waals surface area contributed by atoms with Gasteiger partial charge in [-0.05, 0) is 54.3 Å². The van der Waals surface area contributed by atoms with Gasteiger partial charge in [0, 0.05) is 49.8 Å². The van der Waals surface area contributed by atoms with E-state index in [0.717, 1.165) is 39.0 Å². The van der Waals surface area contributed by atoms with E-state index in [-0.39, 0.29) is 17.8 Å². The molecule has 2 aromatic carbocycles. The average Bonchev–Trinajstić information content (AvgIpc) is 3.40. The van der Waals surface area contributed by atoms with Crippen LogP contribution >= 0.6 is 0 Å². The van der Waals surface area contributed by atoms with Crippen molar-refractivity contribution in [1.82, 2.24) is 25.0 Å². The Kier molecular flexibility index (Phi) is 6.95. The second-order valence-corrected chi connectivity index (χ2v) is 8.94. The second kappa shape index (κ2) is 10.6. The first-order valence-corrected chi connectivity index (χ1v) is 11.9. The standard InChI is InChI=1S/C28H28FN5O/c29-25-8-3-7-21(17-25)27-10-9-22(18-30-27)28(35)32-26-11-15-33(16-12-26)19-23-5-1-2-6-24(23)20-34-14-4-13-31-34/h1-10,13-14,17-18,26H,11-12,15-16,19-20H2,(H,32,35). The summed E-state index contributed by atoms with van der Waals surface area (Å²) in [7, 11) is 0. The average molecular weight is 470 g/mol. The van der Waals surface area contributed by atoms with E-state index in [2.05, 4.69) is 44.6 Å². The molecular weight excluding hydrogens is 441 g/mol. The highest BCUT2D eigenvalue weighted by Gasteiger charge is 2.22. The minimum Gasteiger partial charge on any atom is -0.349 e. The molecule has 4 aromatic rings. The Hall–Kier alpha value is -3.84. The van der Waals surface area contributed by atoms with Gasteiger partial charge in [-0.15, -0.1) is 0 Å². The van der Waals surface area contributed by atoms with Crippen molar-refractivity contribution in [1.29, 1.82) is 0 Å². The highest BCUT2D eigenvalue weighted by molar-refractivity contribution is 5.94. The third-order valence-electron chi connectivity index (χ3n) is 6.47. The van der Waals surface area contributed by atoms with Crippen molar-refractivity contribution in [2.75, 3.05) is 13.1 Å². The van der Waals surface area contributed by atoms with Crippen LogP contribution in [0.5, 0.6) is 0 Å². The van der Waals surface area contributed by atoms with E-state index in [0.29, 0.717) is 16.8 Å². The van der Waals surface area contributed by atoms with Gasteiger partial charge in [0.25, 0.3) is 5.91 Å².